The maximum atomic E-state index is 12.8. The van der Waals surface area contributed by atoms with Crippen LogP contribution in [0.25, 0.3) is 0 Å². The van der Waals surface area contributed by atoms with Crippen LogP contribution < -0.4 is 10.6 Å². The lowest BCUT2D eigenvalue weighted by Gasteiger charge is -2.17. The Morgan fingerprint density at radius 3 is 2.18 bits per heavy atom. The third-order valence-electron chi connectivity index (χ3n) is 4.26. The highest BCUT2D eigenvalue weighted by Crippen LogP contribution is 2.24. The van der Waals surface area contributed by atoms with Gasteiger partial charge in [-0.3, -0.25) is 9.59 Å². The van der Waals surface area contributed by atoms with Gasteiger partial charge in [-0.05, 0) is 58.7 Å². The van der Waals surface area contributed by atoms with Gasteiger partial charge in [-0.25, -0.2) is 0 Å². The summed E-state index contributed by atoms with van der Waals surface area (Å²) in [7, 11) is 0. The van der Waals surface area contributed by atoms with Crippen molar-refractivity contribution in [2.24, 2.45) is 0 Å². The molecule has 3 aromatic carbocycles. The molecule has 0 aliphatic heterocycles. The molecule has 0 aliphatic carbocycles. The highest BCUT2D eigenvalue weighted by Gasteiger charge is 2.18. The minimum atomic E-state index is -0.299. The second-order valence-corrected chi connectivity index (χ2v) is 7.46. The van der Waals surface area contributed by atoms with Gasteiger partial charge in [0.15, 0.2) is 0 Å². The summed E-state index contributed by atoms with van der Waals surface area (Å²) >= 11 is 9.59. The molecule has 3 aromatic rings. The Hall–Kier alpha value is -2.63. The quantitative estimate of drug-likeness (QED) is 0.505. The average molecular weight is 458 g/mol. The first-order chi connectivity index (χ1) is 13.5. The standard InChI is InChI=1S/C22H18BrClN2O2/c1-14(15-8-3-6-12-19(15)24)25-22(28)17-10-4-7-13-20(17)26-21(27)16-9-2-5-11-18(16)23/h2-14H,1H3,(H,25,28)(H,26,27). The maximum Gasteiger partial charge on any atom is 0.256 e. The highest BCUT2D eigenvalue weighted by molar-refractivity contribution is 9.10. The van der Waals surface area contributed by atoms with Crippen LogP contribution in [0.5, 0.6) is 0 Å². The molecule has 0 aliphatic rings. The van der Waals surface area contributed by atoms with Crippen LogP contribution in [0, 0.1) is 0 Å². The van der Waals surface area contributed by atoms with E-state index in [1.165, 1.54) is 0 Å². The molecule has 0 heterocycles. The summed E-state index contributed by atoms with van der Waals surface area (Å²) in [4.78, 5) is 25.4. The molecule has 1 unspecified atom stereocenters. The smallest absolute Gasteiger partial charge is 0.256 e. The normalized spacial score (nSPS) is 11.5. The van der Waals surface area contributed by atoms with E-state index in [1.807, 2.05) is 31.2 Å². The Morgan fingerprint density at radius 1 is 0.857 bits per heavy atom. The van der Waals surface area contributed by atoms with E-state index in [2.05, 4.69) is 26.6 Å². The fourth-order valence-corrected chi connectivity index (χ4v) is 3.57. The lowest BCUT2D eigenvalue weighted by Crippen LogP contribution is -2.28. The van der Waals surface area contributed by atoms with E-state index in [0.29, 0.717) is 26.3 Å². The van der Waals surface area contributed by atoms with Gasteiger partial charge in [-0.1, -0.05) is 54.1 Å². The van der Waals surface area contributed by atoms with Crippen LogP contribution in [-0.4, -0.2) is 11.8 Å². The van der Waals surface area contributed by atoms with Crippen molar-refractivity contribution in [3.05, 3.63) is 99.0 Å². The van der Waals surface area contributed by atoms with Crippen molar-refractivity contribution in [3.8, 4) is 0 Å². The number of carbonyl (C=O) groups excluding carboxylic acids is 2. The Bertz CT molecular complexity index is 1020. The number of nitrogens with one attached hydrogen (secondary N) is 2. The minimum Gasteiger partial charge on any atom is -0.345 e. The van der Waals surface area contributed by atoms with Gasteiger partial charge in [0.2, 0.25) is 0 Å². The second kappa shape index (κ2) is 9.04. The molecular formula is C22H18BrClN2O2. The van der Waals surface area contributed by atoms with E-state index in [-0.39, 0.29) is 17.9 Å². The van der Waals surface area contributed by atoms with Crippen LogP contribution >= 0.6 is 27.5 Å². The molecule has 1 atom stereocenters. The minimum absolute atomic E-state index is 0.284. The fourth-order valence-electron chi connectivity index (χ4n) is 2.80. The van der Waals surface area contributed by atoms with E-state index >= 15 is 0 Å². The molecule has 0 aromatic heterocycles. The monoisotopic (exact) mass is 456 g/mol. The zero-order valence-electron chi connectivity index (χ0n) is 15.1. The van der Waals surface area contributed by atoms with Gasteiger partial charge in [0.05, 0.1) is 22.9 Å². The Kier molecular flexibility index (Phi) is 6.49. The fraction of sp³-hybridized carbons (Fsp3) is 0.0909. The SMILES string of the molecule is CC(NC(=O)c1ccccc1NC(=O)c1ccccc1Br)c1ccccc1Cl. The predicted octanol–water partition coefficient (Wildman–Crippen LogP) is 5.85. The maximum absolute atomic E-state index is 12.8. The number of halogens is 2. The molecule has 2 amide bonds. The second-order valence-electron chi connectivity index (χ2n) is 6.20. The van der Waals surface area contributed by atoms with Crippen LogP contribution in [0.1, 0.15) is 39.2 Å². The van der Waals surface area contributed by atoms with Crippen LogP contribution in [0.15, 0.2) is 77.3 Å². The van der Waals surface area contributed by atoms with Gasteiger partial charge in [0, 0.05) is 9.50 Å². The molecule has 4 nitrogen and oxygen atoms in total. The molecule has 6 heteroatoms. The summed E-state index contributed by atoms with van der Waals surface area (Å²) in [5.41, 5.74) is 2.13. The van der Waals surface area contributed by atoms with Crippen LogP contribution in [0.4, 0.5) is 5.69 Å². The van der Waals surface area contributed by atoms with Crippen molar-refractivity contribution in [3.63, 3.8) is 0 Å². The molecule has 28 heavy (non-hydrogen) atoms. The summed E-state index contributed by atoms with van der Waals surface area (Å²) < 4.78 is 0.682. The Morgan fingerprint density at radius 2 is 1.46 bits per heavy atom. The van der Waals surface area contributed by atoms with Gasteiger partial charge in [-0.15, -0.1) is 0 Å². The van der Waals surface area contributed by atoms with Crippen molar-refractivity contribution in [2.75, 3.05) is 5.32 Å². The average Bonchev–Trinajstić information content (AvgIpc) is 2.68. The van der Waals surface area contributed by atoms with Crippen LogP contribution in [0.2, 0.25) is 5.02 Å². The van der Waals surface area contributed by atoms with Crippen LogP contribution in [0.3, 0.4) is 0 Å². The summed E-state index contributed by atoms with van der Waals surface area (Å²) in [6.07, 6.45) is 0. The van der Waals surface area contributed by atoms with Crippen molar-refractivity contribution in [1.82, 2.24) is 5.32 Å². The lowest BCUT2D eigenvalue weighted by atomic mass is 10.1. The first-order valence-corrected chi connectivity index (χ1v) is 9.84. The third kappa shape index (κ3) is 4.61. The molecule has 0 spiro atoms. The molecule has 0 radical (unpaired) electrons. The van der Waals surface area contributed by atoms with E-state index in [9.17, 15) is 9.59 Å². The predicted molar refractivity (Wildman–Crippen MR) is 116 cm³/mol. The molecule has 0 saturated carbocycles. The van der Waals surface area contributed by atoms with E-state index in [4.69, 9.17) is 11.6 Å². The molecule has 0 fully saturated rings. The molecule has 0 bridgehead atoms. The van der Waals surface area contributed by atoms with Crippen molar-refractivity contribution < 1.29 is 9.59 Å². The molecule has 3 rings (SSSR count). The van der Waals surface area contributed by atoms with Gasteiger partial charge in [0.1, 0.15) is 0 Å². The van der Waals surface area contributed by atoms with Crippen molar-refractivity contribution in [2.45, 2.75) is 13.0 Å². The van der Waals surface area contributed by atoms with E-state index in [0.717, 1.165) is 5.56 Å². The number of benzene rings is 3. The number of anilines is 1. The first-order valence-electron chi connectivity index (χ1n) is 8.67. The Labute approximate surface area is 177 Å². The molecule has 0 saturated heterocycles. The van der Waals surface area contributed by atoms with Crippen LogP contribution in [-0.2, 0) is 0 Å². The topological polar surface area (TPSA) is 58.2 Å². The number of hydrogen-bond acceptors (Lipinski definition) is 2. The summed E-state index contributed by atoms with van der Waals surface area (Å²) in [5, 5.41) is 6.34. The van der Waals surface area contributed by atoms with Gasteiger partial charge >= 0.3 is 0 Å². The number of hydrogen-bond donors (Lipinski definition) is 2. The number of carbonyl (C=O) groups is 2. The van der Waals surface area contributed by atoms with E-state index in [1.54, 1.807) is 48.5 Å². The largest absolute Gasteiger partial charge is 0.345 e. The summed E-state index contributed by atoms with van der Waals surface area (Å²) in [5.74, 6) is -0.595. The van der Waals surface area contributed by atoms with Gasteiger partial charge in [0.25, 0.3) is 11.8 Å². The number of amides is 2. The number of rotatable bonds is 5. The molecule has 2 N–H and O–H groups in total. The summed E-state index contributed by atoms with van der Waals surface area (Å²) in [6, 6.07) is 21.1. The third-order valence-corrected chi connectivity index (χ3v) is 5.29. The van der Waals surface area contributed by atoms with Gasteiger partial charge < -0.3 is 10.6 Å². The first kappa shape index (κ1) is 20.1. The highest BCUT2D eigenvalue weighted by atomic mass is 79.9. The lowest BCUT2D eigenvalue weighted by molar-refractivity contribution is 0.0941. The van der Waals surface area contributed by atoms with Crippen molar-refractivity contribution in [1.29, 1.82) is 0 Å². The Balaban J connectivity index is 1.80. The number of para-hydroxylation sites is 1. The van der Waals surface area contributed by atoms with E-state index < -0.39 is 0 Å². The molecule has 142 valence electrons. The molecular weight excluding hydrogens is 440 g/mol. The van der Waals surface area contributed by atoms with Gasteiger partial charge in [-0.2, -0.15) is 0 Å². The zero-order chi connectivity index (χ0) is 20.1. The summed E-state index contributed by atoms with van der Waals surface area (Å²) in [6.45, 7) is 1.86. The zero-order valence-corrected chi connectivity index (χ0v) is 17.4. The van der Waals surface area contributed by atoms with Crippen molar-refractivity contribution >= 4 is 45.0 Å².